The topological polar surface area (TPSA) is 81.8 Å². The first-order valence-corrected chi connectivity index (χ1v) is 10.1. The van der Waals surface area contributed by atoms with Gasteiger partial charge in [-0.2, -0.15) is 5.10 Å². The molecule has 2 aromatic heterocycles. The van der Waals surface area contributed by atoms with Crippen LogP contribution in [0.5, 0.6) is 0 Å². The molecule has 0 saturated carbocycles. The molecule has 1 unspecified atom stereocenters. The highest BCUT2D eigenvalue weighted by molar-refractivity contribution is 7.89. The first kappa shape index (κ1) is 18.3. The maximum absolute atomic E-state index is 12.3. The van der Waals surface area contributed by atoms with Gasteiger partial charge in [-0.05, 0) is 44.5 Å². The molecule has 1 atom stereocenters. The molecule has 0 radical (unpaired) electrons. The highest BCUT2D eigenvalue weighted by Crippen LogP contribution is 2.18. The van der Waals surface area contributed by atoms with Crippen molar-refractivity contribution >= 4 is 10.0 Å². The van der Waals surface area contributed by atoms with E-state index >= 15 is 0 Å². The van der Waals surface area contributed by atoms with Crippen LogP contribution < -0.4 is 4.72 Å². The van der Waals surface area contributed by atoms with E-state index in [4.69, 9.17) is 0 Å². The molecule has 3 aromatic rings. The molecule has 0 aliphatic carbocycles. The lowest BCUT2D eigenvalue weighted by molar-refractivity contribution is 0.560. The van der Waals surface area contributed by atoms with Crippen LogP contribution in [-0.2, 0) is 16.6 Å². The van der Waals surface area contributed by atoms with Gasteiger partial charge in [0, 0.05) is 30.7 Å². The molecular formula is C18H23N5O2S. The monoisotopic (exact) mass is 373 g/mol. The maximum Gasteiger partial charge on any atom is 0.213 e. The van der Waals surface area contributed by atoms with Gasteiger partial charge < -0.3 is 4.57 Å². The Hall–Kier alpha value is -2.45. The average Bonchev–Trinajstić information content (AvgIpc) is 3.22. The second-order valence-corrected chi connectivity index (χ2v) is 8.26. The summed E-state index contributed by atoms with van der Waals surface area (Å²) in [5.74, 6) is 0.0115. The number of hydrogen-bond acceptors (Lipinski definition) is 4. The molecule has 3 rings (SSSR count). The summed E-state index contributed by atoms with van der Waals surface area (Å²) < 4.78 is 30.9. The van der Waals surface area contributed by atoms with E-state index in [1.165, 1.54) is 0 Å². The van der Waals surface area contributed by atoms with Crippen molar-refractivity contribution in [1.29, 1.82) is 0 Å². The first-order valence-electron chi connectivity index (χ1n) is 8.43. The van der Waals surface area contributed by atoms with Crippen LogP contribution in [-0.4, -0.2) is 33.5 Å². The Kier molecular flexibility index (Phi) is 5.24. The van der Waals surface area contributed by atoms with E-state index in [1.54, 1.807) is 23.3 Å². The number of hydrogen-bond donors (Lipinski definition) is 1. The predicted molar refractivity (Wildman–Crippen MR) is 101 cm³/mol. The van der Waals surface area contributed by atoms with Gasteiger partial charge in [0.15, 0.2) is 0 Å². The second kappa shape index (κ2) is 7.43. The number of nitrogens with zero attached hydrogens (tertiary/aromatic N) is 4. The zero-order valence-corrected chi connectivity index (χ0v) is 15.9. The number of aromatic nitrogens is 4. The molecule has 0 spiro atoms. The zero-order valence-electron chi connectivity index (χ0n) is 15.1. The van der Waals surface area contributed by atoms with E-state index in [1.807, 2.05) is 55.8 Å². The lowest BCUT2D eigenvalue weighted by atomic mass is 10.1. The van der Waals surface area contributed by atoms with Gasteiger partial charge in [-0.15, -0.1) is 0 Å². The normalized spacial score (nSPS) is 13.0. The fraction of sp³-hybridized carbons (Fsp3) is 0.333. The predicted octanol–water partition coefficient (Wildman–Crippen LogP) is 2.37. The van der Waals surface area contributed by atoms with E-state index in [0.717, 1.165) is 22.6 Å². The van der Waals surface area contributed by atoms with Gasteiger partial charge in [0.1, 0.15) is 0 Å². The smallest absolute Gasteiger partial charge is 0.213 e. The van der Waals surface area contributed by atoms with Crippen LogP contribution >= 0.6 is 0 Å². The quantitative estimate of drug-likeness (QED) is 0.689. The van der Waals surface area contributed by atoms with Crippen LogP contribution in [0.15, 0.2) is 49.1 Å². The third-order valence-corrected chi connectivity index (χ3v) is 5.61. The highest BCUT2D eigenvalue weighted by Gasteiger charge is 2.16. The molecule has 0 amide bonds. The lowest BCUT2D eigenvalue weighted by Gasteiger charge is -2.15. The standard InChI is InChI=1S/C18H23N5O2S/c1-14-12-15(2)23(20-14)18-6-4-17(5-7-18)16(3)21-26(24,25)11-10-22-9-8-19-13-22/h4-9,12-13,16,21H,10-11H2,1-3H3. The maximum atomic E-state index is 12.3. The van der Waals surface area contributed by atoms with Crippen LogP contribution in [0.2, 0.25) is 0 Å². The summed E-state index contributed by atoms with van der Waals surface area (Å²) in [6, 6.07) is 9.46. The van der Waals surface area contributed by atoms with E-state index in [0.29, 0.717) is 6.54 Å². The summed E-state index contributed by atoms with van der Waals surface area (Å²) in [6.45, 7) is 6.18. The average molecular weight is 373 g/mol. The van der Waals surface area contributed by atoms with Crippen molar-refractivity contribution in [1.82, 2.24) is 24.1 Å². The van der Waals surface area contributed by atoms with Gasteiger partial charge in [0.2, 0.25) is 10.0 Å². The Balaban J connectivity index is 1.65. The molecule has 7 nitrogen and oxygen atoms in total. The Morgan fingerprint density at radius 3 is 2.50 bits per heavy atom. The minimum atomic E-state index is -3.39. The fourth-order valence-corrected chi connectivity index (χ4v) is 4.08. The van der Waals surface area contributed by atoms with Gasteiger partial charge in [0.25, 0.3) is 0 Å². The molecular weight excluding hydrogens is 350 g/mol. The molecule has 0 aliphatic heterocycles. The Labute approximate surface area is 153 Å². The lowest BCUT2D eigenvalue weighted by Crippen LogP contribution is -2.30. The Bertz CT molecular complexity index is 960. The van der Waals surface area contributed by atoms with Gasteiger partial charge in [-0.1, -0.05) is 12.1 Å². The van der Waals surface area contributed by atoms with Crippen molar-refractivity contribution in [3.8, 4) is 5.69 Å². The van der Waals surface area contributed by atoms with Crippen molar-refractivity contribution in [2.75, 3.05) is 5.75 Å². The number of rotatable bonds is 7. The van der Waals surface area contributed by atoms with Crippen LogP contribution in [0.25, 0.3) is 5.69 Å². The summed E-state index contributed by atoms with van der Waals surface area (Å²) in [5, 5.41) is 4.46. The van der Waals surface area contributed by atoms with Crippen molar-refractivity contribution in [2.24, 2.45) is 0 Å². The number of imidazole rings is 1. The van der Waals surface area contributed by atoms with Crippen molar-refractivity contribution in [2.45, 2.75) is 33.4 Å². The summed E-state index contributed by atoms with van der Waals surface area (Å²) in [5.41, 5.74) is 3.88. The largest absolute Gasteiger partial charge is 0.336 e. The highest BCUT2D eigenvalue weighted by atomic mass is 32.2. The van der Waals surface area contributed by atoms with E-state index in [9.17, 15) is 8.42 Å². The van der Waals surface area contributed by atoms with Crippen molar-refractivity contribution in [3.63, 3.8) is 0 Å². The molecule has 1 aromatic carbocycles. The summed E-state index contributed by atoms with van der Waals surface area (Å²) in [7, 11) is -3.39. The molecule has 26 heavy (non-hydrogen) atoms. The van der Waals surface area contributed by atoms with Crippen molar-refractivity contribution < 1.29 is 8.42 Å². The third-order valence-electron chi connectivity index (χ3n) is 4.18. The minimum Gasteiger partial charge on any atom is -0.336 e. The number of sulfonamides is 1. The zero-order chi connectivity index (χ0) is 18.7. The Morgan fingerprint density at radius 2 is 1.92 bits per heavy atom. The van der Waals surface area contributed by atoms with E-state index in [2.05, 4.69) is 14.8 Å². The molecule has 0 bridgehead atoms. The van der Waals surface area contributed by atoms with Crippen LogP contribution in [0, 0.1) is 13.8 Å². The summed E-state index contributed by atoms with van der Waals surface area (Å²) in [6.07, 6.45) is 4.99. The number of aryl methyl sites for hydroxylation is 3. The van der Waals surface area contributed by atoms with Gasteiger partial charge in [-0.3, -0.25) is 0 Å². The SMILES string of the molecule is Cc1cc(C)n(-c2ccc(C(C)NS(=O)(=O)CCn3ccnc3)cc2)n1. The van der Waals surface area contributed by atoms with Gasteiger partial charge in [0.05, 0.1) is 23.5 Å². The second-order valence-electron chi connectivity index (χ2n) is 6.39. The number of nitrogens with one attached hydrogen (secondary N) is 1. The molecule has 1 N–H and O–H groups in total. The Morgan fingerprint density at radius 1 is 1.19 bits per heavy atom. The molecule has 0 aliphatic rings. The van der Waals surface area contributed by atoms with Crippen LogP contribution in [0.3, 0.4) is 0 Å². The van der Waals surface area contributed by atoms with Gasteiger partial charge in [-0.25, -0.2) is 22.8 Å². The third kappa shape index (κ3) is 4.39. The fourth-order valence-electron chi connectivity index (χ4n) is 2.84. The van der Waals surface area contributed by atoms with E-state index in [-0.39, 0.29) is 11.8 Å². The summed E-state index contributed by atoms with van der Waals surface area (Å²) >= 11 is 0. The van der Waals surface area contributed by atoms with Crippen LogP contribution in [0.1, 0.15) is 29.9 Å². The van der Waals surface area contributed by atoms with E-state index < -0.39 is 10.0 Å². The van der Waals surface area contributed by atoms with Crippen LogP contribution in [0.4, 0.5) is 0 Å². The molecule has 2 heterocycles. The number of benzene rings is 1. The molecule has 0 fully saturated rings. The molecule has 0 saturated heterocycles. The van der Waals surface area contributed by atoms with Gasteiger partial charge >= 0.3 is 0 Å². The molecule has 8 heteroatoms. The minimum absolute atomic E-state index is 0.0115. The summed E-state index contributed by atoms with van der Waals surface area (Å²) in [4.78, 5) is 3.91. The van der Waals surface area contributed by atoms with Crippen molar-refractivity contribution in [3.05, 3.63) is 66.0 Å². The first-order chi connectivity index (χ1) is 12.3. The molecule has 138 valence electrons.